The summed E-state index contributed by atoms with van der Waals surface area (Å²) < 4.78 is 37.8. The van der Waals surface area contributed by atoms with Crippen molar-refractivity contribution in [1.29, 1.82) is 0 Å². The van der Waals surface area contributed by atoms with E-state index in [9.17, 15) is 4.79 Å². The van der Waals surface area contributed by atoms with Crippen LogP contribution in [0.2, 0.25) is 0 Å². The second-order valence-electron chi connectivity index (χ2n) is 10.8. The molecule has 0 saturated heterocycles. The van der Waals surface area contributed by atoms with Gasteiger partial charge < -0.3 is 33.1 Å². The molecule has 0 fully saturated rings. The minimum atomic E-state index is -0.871. The van der Waals surface area contributed by atoms with E-state index >= 15 is 0 Å². The van der Waals surface area contributed by atoms with E-state index in [0.717, 1.165) is 16.8 Å². The number of aromatic amines is 1. The van der Waals surface area contributed by atoms with Crippen molar-refractivity contribution in [2.45, 2.75) is 12.4 Å². The topological polar surface area (TPSA) is 92.2 Å². The van der Waals surface area contributed by atoms with Crippen LogP contribution in [0.1, 0.15) is 34.6 Å². The summed E-state index contributed by atoms with van der Waals surface area (Å²) in [5.74, 6) is 3.25. The van der Waals surface area contributed by atoms with Crippen LogP contribution in [0.15, 0.2) is 125 Å². The molecule has 4 aromatic carbocycles. The number of benzene rings is 4. The third-order valence-corrected chi connectivity index (χ3v) is 8.11. The first-order valence-electron chi connectivity index (χ1n) is 14.5. The van der Waals surface area contributed by atoms with Gasteiger partial charge in [0.25, 0.3) is 6.29 Å². The van der Waals surface area contributed by atoms with Gasteiger partial charge in [-0.25, -0.2) is 4.79 Å². The Morgan fingerprint density at radius 3 is 2.18 bits per heavy atom. The predicted octanol–water partition coefficient (Wildman–Crippen LogP) is 8.17. The summed E-state index contributed by atoms with van der Waals surface area (Å²) in [6.07, 6.45) is 5.48. The molecule has 0 saturated carbocycles. The Hall–Kier alpha value is -6.15. The number of aromatic nitrogens is 1. The van der Waals surface area contributed by atoms with Gasteiger partial charge in [-0.2, -0.15) is 0 Å². The third kappa shape index (κ3) is 4.11. The number of para-hydroxylation sites is 5. The van der Waals surface area contributed by atoms with Crippen LogP contribution >= 0.6 is 0 Å². The molecule has 1 unspecified atom stereocenters. The Morgan fingerprint density at radius 2 is 1.40 bits per heavy atom. The van der Waals surface area contributed by atoms with Crippen LogP contribution in [0.5, 0.6) is 28.7 Å². The zero-order valence-electron chi connectivity index (χ0n) is 23.6. The Labute approximate surface area is 256 Å². The third-order valence-electron chi connectivity index (χ3n) is 8.11. The van der Waals surface area contributed by atoms with Crippen LogP contribution in [-0.4, -0.2) is 4.98 Å². The molecule has 218 valence electrons. The van der Waals surface area contributed by atoms with Gasteiger partial charge in [0.1, 0.15) is 17.6 Å². The molecule has 0 aliphatic carbocycles. The minimum Gasteiger partial charge on any atom is -0.481 e. The van der Waals surface area contributed by atoms with E-state index in [4.69, 9.17) is 28.1 Å². The molecular formula is C37H23NO7. The molecule has 6 aromatic rings. The van der Waals surface area contributed by atoms with Crippen molar-refractivity contribution in [2.75, 3.05) is 0 Å². The summed E-state index contributed by atoms with van der Waals surface area (Å²) in [5, 5.41) is 0.569. The average molecular weight is 594 g/mol. The predicted molar refractivity (Wildman–Crippen MR) is 167 cm³/mol. The summed E-state index contributed by atoms with van der Waals surface area (Å²) in [5.41, 5.74) is 3.66. The number of H-pyrrole nitrogens is 1. The van der Waals surface area contributed by atoms with E-state index in [1.54, 1.807) is 6.07 Å². The van der Waals surface area contributed by atoms with Gasteiger partial charge in [-0.05, 0) is 60.7 Å². The molecule has 2 aromatic heterocycles. The molecule has 1 atom stereocenters. The second-order valence-corrected chi connectivity index (χ2v) is 10.8. The first-order chi connectivity index (χ1) is 22.2. The Morgan fingerprint density at radius 1 is 0.667 bits per heavy atom. The largest absolute Gasteiger partial charge is 0.481 e. The molecule has 5 heterocycles. The highest BCUT2D eigenvalue weighted by atomic mass is 16.7. The molecule has 3 aliphatic heterocycles. The zero-order chi connectivity index (χ0) is 29.9. The molecule has 8 nitrogen and oxygen atoms in total. The van der Waals surface area contributed by atoms with E-state index < -0.39 is 18.0 Å². The fraction of sp³-hybridized carbons (Fsp3) is 0.0541. The van der Waals surface area contributed by atoms with E-state index in [1.165, 1.54) is 6.26 Å². The van der Waals surface area contributed by atoms with Crippen LogP contribution in [0.3, 0.4) is 0 Å². The van der Waals surface area contributed by atoms with Gasteiger partial charge in [0.2, 0.25) is 0 Å². The molecule has 0 bridgehead atoms. The Kier molecular flexibility index (Phi) is 5.61. The molecule has 0 spiro atoms. The SMILES string of the molecule is O=c1oc2ccc(-c3ccc[nH]3)c(C3Oc4ccccc4O3)c2c(C2=COc3ccccc3O2)c1C1C=Cc2ccccc2O1. The van der Waals surface area contributed by atoms with Crippen molar-refractivity contribution in [3.63, 3.8) is 0 Å². The van der Waals surface area contributed by atoms with Crippen molar-refractivity contribution < 1.29 is 28.1 Å². The van der Waals surface area contributed by atoms with Crippen LogP contribution in [0.25, 0.3) is 34.1 Å². The lowest BCUT2D eigenvalue weighted by Gasteiger charge is -2.27. The van der Waals surface area contributed by atoms with Gasteiger partial charge in [-0.1, -0.05) is 48.5 Å². The van der Waals surface area contributed by atoms with Crippen molar-refractivity contribution in [1.82, 2.24) is 4.98 Å². The Bertz CT molecular complexity index is 2220. The summed E-state index contributed by atoms with van der Waals surface area (Å²) >= 11 is 0. The van der Waals surface area contributed by atoms with Gasteiger partial charge in [-0.3, -0.25) is 0 Å². The maximum Gasteiger partial charge on any atom is 0.344 e. The summed E-state index contributed by atoms with van der Waals surface area (Å²) in [6.45, 7) is 0. The van der Waals surface area contributed by atoms with Gasteiger partial charge in [0.15, 0.2) is 34.9 Å². The van der Waals surface area contributed by atoms with Crippen LogP contribution in [0, 0.1) is 0 Å². The lowest BCUT2D eigenvalue weighted by atomic mass is 9.91. The first-order valence-corrected chi connectivity index (χ1v) is 14.5. The highest BCUT2D eigenvalue weighted by Gasteiger charge is 2.36. The monoisotopic (exact) mass is 593 g/mol. The molecule has 3 aliphatic rings. The zero-order valence-corrected chi connectivity index (χ0v) is 23.6. The maximum atomic E-state index is 14.0. The quantitative estimate of drug-likeness (QED) is 0.206. The standard InChI is InChI=1S/C37H23NO7/c39-36-35(30-17-15-21-8-1-2-10-24(21)41-30)34(31-20-40-25-11-3-4-12-26(25)42-31)33-29(43-36)18-16-22(23-9-7-19-38-23)32(33)37-44-27-13-5-6-14-28(27)45-37/h1-20,30,37-38H. The fourth-order valence-corrected chi connectivity index (χ4v) is 6.09. The van der Waals surface area contributed by atoms with Crippen molar-refractivity contribution in [2.24, 2.45) is 0 Å². The normalized spacial score (nSPS) is 16.3. The smallest absolute Gasteiger partial charge is 0.344 e. The van der Waals surface area contributed by atoms with Crippen LogP contribution in [-0.2, 0) is 0 Å². The van der Waals surface area contributed by atoms with Crippen LogP contribution in [0.4, 0.5) is 0 Å². The van der Waals surface area contributed by atoms with Crippen LogP contribution < -0.4 is 29.3 Å². The van der Waals surface area contributed by atoms with E-state index in [2.05, 4.69) is 4.98 Å². The van der Waals surface area contributed by atoms with E-state index in [-0.39, 0.29) is 5.56 Å². The molecule has 0 amide bonds. The highest BCUT2D eigenvalue weighted by Crippen LogP contribution is 2.48. The van der Waals surface area contributed by atoms with E-state index in [1.807, 2.05) is 109 Å². The molecular weight excluding hydrogens is 570 g/mol. The minimum absolute atomic E-state index is 0.253. The first kappa shape index (κ1) is 25.4. The number of hydrogen-bond donors (Lipinski definition) is 1. The lowest BCUT2D eigenvalue weighted by molar-refractivity contribution is 0.0504. The maximum absolute atomic E-state index is 14.0. The lowest BCUT2D eigenvalue weighted by Crippen LogP contribution is -2.23. The number of nitrogens with one attached hydrogen (secondary N) is 1. The van der Waals surface area contributed by atoms with E-state index in [0.29, 0.717) is 56.6 Å². The summed E-state index contributed by atoms with van der Waals surface area (Å²) in [7, 11) is 0. The summed E-state index contributed by atoms with van der Waals surface area (Å²) in [4.78, 5) is 17.3. The number of ether oxygens (including phenoxy) is 5. The second kappa shape index (κ2) is 9.96. The molecule has 9 rings (SSSR count). The van der Waals surface area contributed by atoms with Crippen molar-refractivity contribution in [3.8, 4) is 40.0 Å². The number of fused-ring (bicyclic) bond motifs is 4. The molecule has 8 heteroatoms. The Balaban J connectivity index is 1.34. The van der Waals surface area contributed by atoms with Crippen molar-refractivity contribution >= 4 is 22.8 Å². The number of hydrogen-bond acceptors (Lipinski definition) is 7. The van der Waals surface area contributed by atoms with Gasteiger partial charge in [-0.15, -0.1) is 0 Å². The molecule has 1 N–H and O–H groups in total. The number of rotatable bonds is 4. The van der Waals surface area contributed by atoms with Gasteiger partial charge in [0.05, 0.1) is 11.1 Å². The molecule has 45 heavy (non-hydrogen) atoms. The molecule has 0 radical (unpaired) electrons. The highest BCUT2D eigenvalue weighted by molar-refractivity contribution is 5.97. The van der Waals surface area contributed by atoms with Crippen molar-refractivity contribution in [3.05, 3.63) is 148 Å². The van der Waals surface area contributed by atoms with Gasteiger partial charge in [0, 0.05) is 34.0 Å². The average Bonchev–Trinajstić information content (AvgIpc) is 3.77. The van der Waals surface area contributed by atoms with Gasteiger partial charge >= 0.3 is 5.63 Å². The fourth-order valence-electron chi connectivity index (χ4n) is 6.09. The summed E-state index contributed by atoms with van der Waals surface area (Å²) in [6, 6.07) is 30.1.